The van der Waals surface area contributed by atoms with Crippen molar-refractivity contribution in [2.45, 2.75) is 5.38 Å². The van der Waals surface area contributed by atoms with Crippen LogP contribution in [0.4, 0.5) is 8.78 Å². The number of hydrogen-bond acceptors (Lipinski definition) is 0. The largest absolute Gasteiger partial charge is 0.207 e. The van der Waals surface area contributed by atoms with Crippen LogP contribution in [0.3, 0.4) is 0 Å². The highest BCUT2D eigenvalue weighted by molar-refractivity contribution is 9.10. The summed E-state index contributed by atoms with van der Waals surface area (Å²) in [5, 5.41) is -0.622. The van der Waals surface area contributed by atoms with E-state index in [1.165, 1.54) is 18.2 Å². The first-order valence-corrected chi connectivity index (χ1v) is 6.15. The third-order valence-electron chi connectivity index (χ3n) is 2.40. The molecule has 0 aliphatic rings. The molecule has 0 radical (unpaired) electrons. The molecule has 0 amide bonds. The lowest BCUT2D eigenvalue weighted by molar-refractivity contribution is 0.610. The number of alkyl halides is 1. The van der Waals surface area contributed by atoms with Crippen LogP contribution in [-0.4, -0.2) is 0 Å². The highest BCUT2D eigenvalue weighted by Crippen LogP contribution is 2.31. The Morgan fingerprint density at radius 2 is 1.65 bits per heavy atom. The van der Waals surface area contributed by atoms with Crippen molar-refractivity contribution in [1.29, 1.82) is 0 Å². The fourth-order valence-electron chi connectivity index (χ4n) is 1.52. The van der Waals surface area contributed by atoms with Crippen LogP contribution in [0.25, 0.3) is 0 Å². The number of rotatable bonds is 2. The molecule has 4 heteroatoms. The molecular formula is C13H8BrClF2. The Hall–Kier alpha value is -0.930. The number of halogens is 4. The lowest BCUT2D eigenvalue weighted by Gasteiger charge is -2.11. The highest BCUT2D eigenvalue weighted by Gasteiger charge is 2.15. The van der Waals surface area contributed by atoms with Crippen molar-refractivity contribution in [2.75, 3.05) is 0 Å². The topological polar surface area (TPSA) is 0 Å². The van der Waals surface area contributed by atoms with Crippen LogP contribution < -0.4 is 0 Å². The van der Waals surface area contributed by atoms with Crippen molar-refractivity contribution in [2.24, 2.45) is 0 Å². The maximum absolute atomic E-state index is 13.7. The zero-order valence-corrected chi connectivity index (χ0v) is 11.0. The maximum Gasteiger partial charge on any atom is 0.129 e. The molecule has 2 aromatic carbocycles. The van der Waals surface area contributed by atoms with Crippen LogP contribution in [0.2, 0.25) is 0 Å². The van der Waals surface area contributed by atoms with Crippen LogP contribution in [0.1, 0.15) is 16.5 Å². The first-order valence-electron chi connectivity index (χ1n) is 4.92. The molecule has 1 atom stereocenters. The fourth-order valence-corrected chi connectivity index (χ4v) is 2.17. The summed E-state index contributed by atoms with van der Waals surface area (Å²) in [5.41, 5.74) is 1.04. The molecule has 0 nitrogen and oxygen atoms in total. The van der Waals surface area contributed by atoms with Gasteiger partial charge in [0.2, 0.25) is 0 Å². The van der Waals surface area contributed by atoms with E-state index in [4.69, 9.17) is 11.6 Å². The van der Waals surface area contributed by atoms with Gasteiger partial charge in [0, 0.05) is 10.0 Å². The quantitative estimate of drug-likeness (QED) is 0.680. The lowest BCUT2D eigenvalue weighted by Crippen LogP contribution is -1.97. The van der Waals surface area contributed by atoms with Crippen molar-refractivity contribution in [3.05, 3.63) is 69.7 Å². The molecular weight excluding hydrogens is 309 g/mol. The van der Waals surface area contributed by atoms with Gasteiger partial charge in [-0.15, -0.1) is 11.6 Å². The molecule has 0 spiro atoms. The summed E-state index contributed by atoms with van der Waals surface area (Å²) >= 11 is 9.34. The number of benzene rings is 2. The summed E-state index contributed by atoms with van der Waals surface area (Å²) in [7, 11) is 0. The monoisotopic (exact) mass is 316 g/mol. The Morgan fingerprint density at radius 3 is 2.24 bits per heavy atom. The minimum Gasteiger partial charge on any atom is -0.207 e. The van der Waals surface area contributed by atoms with E-state index < -0.39 is 5.38 Å². The molecule has 2 rings (SSSR count). The molecule has 88 valence electrons. The van der Waals surface area contributed by atoms with Crippen molar-refractivity contribution >= 4 is 27.5 Å². The summed E-state index contributed by atoms with van der Waals surface area (Å²) < 4.78 is 27.1. The van der Waals surface area contributed by atoms with Crippen LogP contribution in [0, 0.1) is 11.6 Å². The Morgan fingerprint density at radius 1 is 1.00 bits per heavy atom. The van der Waals surface area contributed by atoms with E-state index in [1.54, 1.807) is 24.3 Å². The molecule has 17 heavy (non-hydrogen) atoms. The van der Waals surface area contributed by atoms with Crippen LogP contribution in [-0.2, 0) is 0 Å². The van der Waals surface area contributed by atoms with Crippen LogP contribution in [0.15, 0.2) is 46.9 Å². The molecule has 0 aliphatic carbocycles. The Labute approximate surface area is 111 Å². The smallest absolute Gasteiger partial charge is 0.129 e. The van der Waals surface area contributed by atoms with Crippen molar-refractivity contribution in [3.63, 3.8) is 0 Å². The van der Waals surface area contributed by atoms with E-state index in [1.807, 2.05) is 0 Å². The predicted octanol–water partition coefficient (Wildman–Crippen LogP) is 5.06. The minimum absolute atomic E-state index is 0.339. The van der Waals surface area contributed by atoms with Gasteiger partial charge in [-0.25, -0.2) is 8.78 Å². The molecule has 0 bridgehead atoms. The van der Waals surface area contributed by atoms with Crippen LogP contribution >= 0.6 is 27.5 Å². The zero-order valence-electron chi connectivity index (χ0n) is 8.63. The molecule has 0 heterocycles. The minimum atomic E-state index is -0.622. The third kappa shape index (κ3) is 2.85. The van der Waals surface area contributed by atoms with Crippen LogP contribution in [0.5, 0.6) is 0 Å². The molecule has 1 unspecified atom stereocenters. The summed E-state index contributed by atoms with van der Waals surface area (Å²) in [6.07, 6.45) is 0. The van der Waals surface area contributed by atoms with E-state index in [0.717, 1.165) is 0 Å². The Kier molecular flexibility index (Phi) is 3.79. The van der Waals surface area contributed by atoms with Gasteiger partial charge in [0.25, 0.3) is 0 Å². The summed E-state index contributed by atoms with van der Waals surface area (Å²) in [6.45, 7) is 0. The summed E-state index contributed by atoms with van der Waals surface area (Å²) in [6, 6.07) is 10.4. The second-order valence-corrected chi connectivity index (χ2v) is 4.93. The maximum atomic E-state index is 13.7. The predicted molar refractivity (Wildman–Crippen MR) is 68.2 cm³/mol. The molecule has 0 N–H and O–H groups in total. The first kappa shape index (κ1) is 12.5. The normalized spacial score (nSPS) is 12.5. The van der Waals surface area contributed by atoms with Gasteiger partial charge in [-0.05, 0) is 29.8 Å². The van der Waals surface area contributed by atoms with Gasteiger partial charge in [-0.2, -0.15) is 0 Å². The Balaban J connectivity index is 2.36. The first-order chi connectivity index (χ1) is 8.08. The Bertz CT molecular complexity index is 525. The van der Waals surface area contributed by atoms with Gasteiger partial charge in [-0.1, -0.05) is 34.1 Å². The zero-order chi connectivity index (χ0) is 12.4. The van der Waals surface area contributed by atoms with Crippen molar-refractivity contribution in [3.8, 4) is 0 Å². The van der Waals surface area contributed by atoms with Gasteiger partial charge in [0.15, 0.2) is 0 Å². The number of hydrogen-bond donors (Lipinski definition) is 0. The van der Waals surface area contributed by atoms with Gasteiger partial charge >= 0.3 is 0 Å². The van der Waals surface area contributed by atoms with Gasteiger partial charge in [-0.3, -0.25) is 0 Å². The molecule has 0 fully saturated rings. The fraction of sp³-hybridized carbons (Fsp3) is 0.0769. The average Bonchev–Trinajstić information content (AvgIpc) is 2.29. The second kappa shape index (κ2) is 5.15. The van der Waals surface area contributed by atoms with Crippen molar-refractivity contribution < 1.29 is 8.78 Å². The summed E-state index contributed by atoms with van der Waals surface area (Å²) in [5.74, 6) is -0.724. The standard InChI is InChI=1S/C13H8BrClF2/c14-9-3-6-11(12(17)7-9)13(15)8-1-4-10(16)5-2-8/h1-7,13H. The van der Waals surface area contributed by atoms with Gasteiger partial charge in [0.05, 0.1) is 5.38 Å². The SMILES string of the molecule is Fc1ccc(C(Cl)c2ccc(Br)cc2F)cc1. The second-order valence-electron chi connectivity index (χ2n) is 3.58. The summed E-state index contributed by atoms with van der Waals surface area (Å²) in [4.78, 5) is 0. The van der Waals surface area contributed by atoms with Crippen molar-refractivity contribution in [1.82, 2.24) is 0 Å². The molecule has 0 aliphatic heterocycles. The molecule has 0 saturated heterocycles. The van der Waals surface area contributed by atoms with E-state index in [2.05, 4.69) is 15.9 Å². The van der Waals surface area contributed by atoms with E-state index in [0.29, 0.717) is 15.6 Å². The highest BCUT2D eigenvalue weighted by atomic mass is 79.9. The van der Waals surface area contributed by atoms with E-state index in [9.17, 15) is 8.78 Å². The molecule has 0 saturated carbocycles. The van der Waals surface area contributed by atoms with Gasteiger partial charge < -0.3 is 0 Å². The van der Waals surface area contributed by atoms with Gasteiger partial charge in [0.1, 0.15) is 11.6 Å². The van der Waals surface area contributed by atoms with E-state index in [-0.39, 0.29) is 11.6 Å². The lowest BCUT2D eigenvalue weighted by atomic mass is 10.0. The average molecular weight is 318 g/mol. The van der Waals surface area contributed by atoms with E-state index >= 15 is 0 Å². The molecule has 0 aromatic heterocycles. The molecule has 2 aromatic rings. The third-order valence-corrected chi connectivity index (χ3v) is 3.38.